The van der Waals surface area contributed by atoms with Gasteiger partial charge in [-0.05, 0) is 54.7 Å². The monoisotopic (exact) mass is 393 g/mol. The van der Waals surface area contributed by atoms with Gasteiger partial charge in [-0.2, -0.15) is 0 Å². The van der Waals surface area contributed by atoms with Crippen molar-refractivity contribution in [2.24, 2.45) is 0 Å². The van der Waals surface area contributed by atoms with Crippen LogP contribution in [0.4, 0.5) is 0 Å². The third kappa shape index (κ3) is 2.87. The summed E-state index contributed by atoms with van der Waals surface area (Å²) in [7, 11) is 0. The number of thiazole rings is 1. The lowest BCUT2D eigenvalue weighted by molar-refractivity contribution is 0.541. The van der Waals surface area contributed by atoms with Crippen LogP contribution in [0.2, 0.25) is 5.02 Å². The van der Waals surface area contributed by atoms with Crippen LogP contribution in [0.25, 0.3) is 16.0 Å². The summed E-state index contributed by atoms with van der Waals surface area (Å²) in [5.41, 5.74) is 5.52. The Morgan fingerprint density at radius 2 is 1.85 bits per heavy atom. The largest absolute Gasteiger partial charge is 0.285 e. The Bertz CT molecular complexity index is 1200. The molecule has 27 heavy (non-hydrogen) atoms. The first-order valence-electron chi connectivity index (χ1n) is 8.89. The zero-order chi connectivity index (χ0) is 18.4. The molecule has 0 spiro atoms. The molecule has 2 aromatic heterocycles. The Morgan fingerprint density at radius 1 is 1.07 bits per heavy atom. The highest BCUT2D eigenvalue weighted by Crippen LogP contribution is 2.33. The highest BCUT2D eigenvalue weighted by Gasteiger charge is 2.26. The third-order valence-corrected chi connectivity index (χ3v) is 6.17. The van der Waals surface area contributed by atoms with E-state index in [2.05, 4.69) is 29.2 Å². The summed E-state index contributed by atoms with van der Waals surface area (Å²) in [6.07, 6.45) is 2.86. The molecule has 1 aliphatic rings. The van der Waals surface area contributed by atoms with Crippen molar-refractivity contribution in [3.05, 3.63) is 86.4 Å². The predicted molar refractivity (Wildman–Crippen MR) is 109 cm³/mol. The smallest absolute Gasteiger partial charge is 0.266 e. The summed E-state index contributed by atoms with van der Waals surface area (Å²) >= 11 is 7.46. The van der Waals surface area contributed by atoms with E-state index in [9.17, 15) is 4.79 Å². The Morgan fingerprint density at radius 3 is 2.67 bits per heavy atom. The van der Waals surface area contributed by atoms with Crippen LogP contribution in [0, 0.1) is 0 Å². The Hall–Kier alpha value is -2.50. The first kappa shape index (κ1) is 16.7. The Labute approximate surface area is 165 Å². The molecule has 1 unspecified atom stereocenters. The van der Waals surface area contributed by atoms with E-state index in [1.165, 1.54) is 22.5 Å². The first-order chi connectivity index (χ1) is 13.2. The molecule has 0 saturated heterocycles. The minimum Gasteiger partial charge on any atom is -0.266 e. The number of aromatic nitrogens is 3. The van der Waals surface area contributed by atoms with Crippen LogP contribution in [0.15, 0.2) is 58.8 Å². The molecule has 6 heteroatoms. The van der Waals surface area contributed by atoms with Gasteiger partial charge in [0.1, 0.15) is 5.82 Å². The zero-order valence-electron chi connectivity index (χ0n) is 14.4. The molecule has 0 aliphatic heterocycles. The summed E-state index contributed by atoms with van der Waals surface area (Å²) in [6, 6.07) is 15.9. The van der Waals surface area contributed by atoms with Gasteiger partial charge in [-0.15, -0.1) is 11.3 Å². The number of fused-ring (bicyclic) bond motifs is 2. The molecule has 1 aliphatic carbocycles. The van der Waals surface area contributed by atoms with E-state index in [1.54, 1.807) is 22.2 Å². The van der Waals surface area contributed by atoms with Crippen molar-refractivity contribution in [2.75, 3.05) is 0 Å². The zero-order valence-corrected chi connectivity index (χ0v) is 16.0. The lowest BCUT2D eigenvalue weighted by atomic mass is 9.83. The van der Waals surface area contributed by atoms with E-state index in [1.807, 2.05) is 12.1 Å². The number of hydrogen-bond donors (Lipinski definition) is 0. The van der Waals surface area contributed by atoms with Crippen molar-refractivity contribution in [1.29, 1.82) is 0 Å². The highest BCUT2D eigenvalue weighted by atomic mass is 35.5. The maximum atomic E-state index is 13.2. The van der Waals surface area contributed by atoms with Crippen molar-refractivity contribution in [3.63, 3.8) is 0 Å². The second-order valence-electron chi connectivity index (χ2n) is 6.80. The molecule has 134 valence electrons. The quantitative estimate of drug-likeness (QED) is 0.493. The van der Waals surface area contributed by atoms with Gasteiger partial charge in [-0.1, -0.05) is 35.9 Å². The Balaban J connectivity index is 1.70. The van der Waals surface area contributed by atoms with Crippen LogP contribution >= 0.6 is 22.9 Å². The topological polar surface area (TPSA) is 47.8 Å². The molecule has 4 nitrogen and oxygen atoms in total. The molecule has 0 radical (unpaired) electrons. The summed E-state index contributed by atoms with van der Waals surface area (Å²) < 4.78 is 1.72. The normalized spacial score (nSPS) is 16.4. The van der Waals surface area contributed by atoms with Gasteiger partial charge in [0.15, 0.2) is 10.3 Å². The van der Waals surface area contributed by atoms with Crippen LogP contribution in [0.1, 0.15) is 29.3 Å². The summed E-state index contributed by atoms with van der Waals surface area (Å²) in [4.78, 5) is 23.0. The minimum atomic E-state index is -0.113. The molecule has 0 N–H and O–H groups in total. The van der Waals surface area contributed by atoms with Crippen molar-refractivity contribution in [3.8, 4) is 5.69 Å². The molecule has 4 aromatic rings. The van der Waals surface area contributed by atoms with Gasteiger partial charge < -0.3 is 0 Å². The van der Waals surface area contributed by atoms with Gasteiger partial charge in [-0.3, -0.25) is 9.36 Å². The summed E-state index contributed by atoms with van der Waals surface area (Å²) in [6.45, 7) is 0. The highest BCUT2D eigenvalue weighted by molar-refractivity contribution is 7.16. The van der Waals surface area contributed by atoms with Crippen molar-refractivity contribution in [1.82, 2.24) is 14.5 Å². The molecular weight excluding hydrogens is 378 g/mol. The van der Waals surface area contributed by atoms with Crippen molar-refractivity contribution >= 4 is 33.3 Å². The maximum Gasteiger partial charge on any atom is 0.285 e. The van der Waals surface area contributed by atoms with Gasteiger partial charge in [0, 0.05) is 10.9 Å². The third-order valence-electron chi connectivity index (χ3n) is 5.20. The minimum absolute atomic E-state index is 0.113. The fourth-order valence-electron chi connectivity index (χ4n) is 3.86. The molecule has 2 heterocycles. The SMILES string of the molecule is O=c1c2ncsc2nc(C2CCc3ccccc3C2)n1-c1ccc(Cl)cc1. The molecule has 2 aromatic carbocycles. The predicted octanol–water partition coefficient (Wildman–Crippen LogP) is 4.77. The second kappa shape index (κ2) is 6.59. The van der Waals surface area contributed by atoms with E-state index in [0.29, 0.717) is 15.4 Å². The number of halogens is 1. The van der Waals surface area contributed by atoms with E-state index >= 15 is 0 Å². The number of hydrogen-bond acceptors (Lipinski definition) is 4. The number of aryl methyl sites for hydroxylation is 1. The van der Waals surface area contributed by atoms with Crippen LogP contribution < -0.4 is 5.56 Å². The summed E-state index contributed by atoms with van der Waals surface area (Å²) in [5, 5.41) is 0.641. The first-order valence-corrected chi connectivity index (χ1v) is 10.2. The molecule has 5 rings (SSSR count). The van der Waals surface area contributed by atoms with E-state index in [-0.39, 0.29) is 11.5 Å². The number of rotatable bonds is 2. The molecule has 1 atom stereocenters. The van der Waals surface area contributed by atoms with Gasteiger partial charge in [0.05, 0.1) is 11.2 Å². The van der Waals surface area contributed by atoms with Gasteiger partial charge in [0.2, 0.25) is 0 Å². The van der Waals surface area contributed by atoms with Gasteiger partial charge in [-0.25, -0.2) is 9.97 Å². The molecule has 0 fully saturated rings. The van der Waals surface area contributed by atoms with Gasteiger partial charge >= 0.3 is 0 Å². The van der Waals surface area contributed by atoms with Crippen molar-refractivity contribution in [2.45, 2.75) is 25.2 Å². The fourth-order valence-corrected chi connectivity index (χ4v) is 4.64. The summed E-state index contributed by atoms with van der Waals surface area (Å²) in [5.74, 6) is 1.00. The lowest BCUT2D eigenvalue weighted by Crippen LogP contribution is -2.27. The van der Waals surface area contributed by atoms with Gasteiger partial charge in [0.25, 0.3) is 5.56 Å². The van der Waals surface area contributed by atoms with E-state index < -0.39 is 0 Å². The fraction of sp³-hybridized carbons (Fsp3) is 0.190. The average molecular weight is 394 g/mol. The van der Waals surface area contributed by atoms with Crippen molar-refractivity contribution < 1.29 is 0 Å². The molecule has 0 saturated carbocycles. The van der Waals surface area contributed by atoms with Crippen LogP contribution in [-0.4, -0.2) is 14.5 Å². The maximum absolute atomic E-state index is 13.2. The standard InChI is InChI=1S/C21H16ClN3OS/c22-16-7-9-17(10-8-16)25-19(24-20-18(21(25)26)23-12-27-20)15-6-5-13-3-1-2-4-14(13)11-15/h1-4,7-10,12,15H,5-6,11H2. The molecule has 0 amide bonds. The number of benzene rings is 2. The van der Waals surface area contributed by atoms with E-state index in [4.69, 9.17) is 16.6 Å². The number of nitrogens with zero attached hydrogens (tertiary/aromatic N) is 3. The van der Waals surface area contributed by atoms with Crippen LogP contribution in [0.5, 0.6) is 0 Å². The van der Waals surface area contributed by atoms with Crippen LogP contribution in [0.3, 0.4) is 0 Å². The molecule has 0 bridgehead atoms. The lowest BCUT2D eigenvalue weighted by Gasteiger charge is -2.26. The Kier molecular flexibility index (Phi) is 4.06. The van der Waals surface area contributed by atoms with Crippen LogP contribution in [-0.2, 0) is 12.8 Å². The second-order valence-corrected chi connectivity index (χ2v) is 8.07. The van der Waals surface area contributed by atoms with E-state index in [0.717, 1.165) is 30.8 Å². The molecular formula is C21H16ClN3OS. The average Bonchev–Trinajstić information content (AvgIpc) is 3.17.